The van der Waals surface area contributed by atoms with Gasteiger partial charge < -0.3 is 43.9 Å². The average molecular weight is 869 g/mol. The van der Waals surface area contributed by atoms with Crippen LogP contribution in [0.2, 0.25) is 0 Å². The highest BCUT2D eigenvalue weighted by Crippen LogP contribution is 2.40. The van der Waals surface area contributed by atoms with E-state index in [4.69, 9.17) is 28.8 Å². The molecular formula is C46H68N4O12. The van der Waals surface area contributed by atoms with Crippen molar-refractivity contribution < 1.29 is 53.5 Å². The Kier molecular flexibility index (Phi) is 17.5. The number of rotatable bonds is 11. The van der Waals surface area contributed by atoms with Crippen LogP contribution in [0.3, 0.4) is 0 Å². The normalized spacial score (nSPS) is 36.2. The van der Waals surface area contributed by atoms with Gasteiger partial charge in [-0.3, -0.25) is 19.7 Å². The van der Waals surface area contributed by atoms with Crippen LogP contribution in [0, 0.1) is 33.8 Å². The quantitative estimate of drug-likeness (QED) is 0.110. The molecule has 4 rings (SSSR count). The van der Waals surface area contributed by atoms with Gasteiger partial charge >= 0.3 is 11.9 Å². The lowest BCUT2D eigenvalue weighted by Crippen LogP contribution is -2.60. The molecule has 62 heavy (non-hydrogen) atoms. The number of hydrogen-bond acceptors (Lipinski definition) is 15. The summed E-state index contributed by atoms with van der Waals surface area (Å²) in [5.41, 5.74) is -1.10. The van der Waals surface area contributed by atoms with Crippen molar-refractivity contribution in [3.63, 3.8) is 0 Å². The SMILES string of the molecule is CC[C@H]1OC(=O)[C@H](C)[C@@H](OC(=O)Cc2ccc([N+](=O)[O-])cc2)[C@H](C)[C@@H](OC2OC(C)CC(N(C)C)C2O)[C@](C)(OC)C[C@@H](C)/C(=N\N=C(/C)c2ccccc2)[C@H](C)[C@@H](O)[C@]1(C)O. The summed E-state index contributed by atoms with van der Waals surface area (Å²) in [6.07, 6.45) is -7.07. The number of aliphatic hydroxyl groups is 3. The summed E-state index contributed by atoms with van der Waals surface area (Å²) in [5, 5.41) is 56.5. The minimum absolute atomic E-state index is 0.123. The lowest BCUT2D eigenvalue weighted by atomic mass is 9.73. The van der Waals surface area contributed by atoms with Crippen molar-refractivity contribution in [1.82, 2.24) is 4.90 Å². The minimum Gasteiger partial charge on any atom is -0.461 e. The first-order valence-corrected chi connectivity index (χ1v) is 21.5. The molecular weight excluding hydrogens is 801 g/mol. The maximum absolute atomic E-state index is 14.3. The molecule has 2 heterocycles. The molecule has 0 bridgehead atoms. The molecule has 2 aliphatic rings. The van der Waals surface area contributed by atoms with Gasteiger partial charge in [0.05, 0.1) is 46.9 Å². The van der Waals surface area contributed by atoms with Crippen molar-refractivity contribution in [1.29, 1.82) is 0 Å². The fourth-order valence-electron chi connectivity index (χ4n) is 8.95. The zero-order valence-corrected chi connectivity index (χ0v) is 38.3. The Bertz CT molecular complexity index is 1870. The maximum Gasteiger partial charge on any atom is 0.312 e. The highest BCUT2D eigenvalue weighted by molar-refractivity contribution is 5.99. The Morgan fingerprint density at radius 3 is 2.21 bits per heavy atom. The Hall–Kier alpha value is -4.16. The summed E-state index contributed by atoms with van der Waals surface area (Å²) in [6, 6.07) is 14.7. The molecule has 0 saturated carbocycles. The summed E-state index contributed by atoms with van der Waals surface area (Å²) < 4.78 is 31.9. The standard InChI is InChI=1S/C46H68N4O12/c1-13-36-46(9,55)41(53)28(4)38(48-47-31(7)33-17-15-14-16-18-33)26(2)25-45(8,58-12)42(62-44-39(52)35(49(10)11)23-27(3)59-44)29(5)40(30(6)43(54)60-36)61-37(51)24-32-19-21-34(22-20-32)50(56)57/h14-22,26-30,35-36,39-42,44,52-53,55H,13,23-25H2,1-12H3/b47-31+,48-38+/t26-,27?,28+,29+,30-,35?,36-,39?,40+,41-,42-,44?,45-,46-/m1/s1. The minimum atomic E-state index is -1.98. The predicted molar refractivity (Wildman–Crippen MR) is 234 cm³/mol. The van der Waals surface area contributed by atoms with Crippen LogP contribution < -0.4 is 0 Å². The molecule has 4 unspecified atom stereocenters. The smallest absolute Gasteiger partial charge is 0.312 e. The van der Waals surface area contributed by atoms with Crippen LogP contribution in [0.5, 0.6) is 0 Å². The van der Waals surface area contributed by atoms with Gasteiger partial charge in [-0.15, -0.1) is 0 Å². The number of nitro groups is 1. The summed E-state index contributed by atoms with van der Waals surface area (Å²) in [5.74, 6) is -4.92. The summed E-state index contributed by atoms with van der Waals surface area (Å²) >= 11 is 0. The molecule has 2 saturated heterocycles. The van der Waals surface area contributed by atoms with Crippen molar-refractivity contribution in [2.24, 2.45) is 33.9 Å². The molecule has 2 aromatic carbocycles. The van der Waals surface area contributed by atoms with E-state index >= 15 is 0 Å². The summed E-state index contributed by atoms with van der Waals surface area (Å²) in [6.45, 7) is 15.6. The Balaban J connectivity index is 1.91. The van der Waals surface area contributed by atoms with E-state index in [-0.39, 0.29) is 37.1 Å². The topological polar surface area (TPSA) is 212 Å². The first-order chi connectivity index (χ1) is 29.1. The molecule has 0 radical (unpaired) electrons. The third kappa shape index (κ3) is 11.9. The van der Waals surface area contributed by atoms with Gasteiger partial charge in [0.2, 0.25) is 0 Å². The van der Waals surface area contributed by atoms with Crippen molar-refractivity contribution in [3.8, 4) is 0 Å². The van der Waals surface area contributed by atoms with Crippen molar-refractivity contribution in [3.05, 3.63) is 75.8 Å². The number of esters is 2. The van der Waals surface area contributed by atoms with E-state index in [1.165, 1.54) is 38.3 Å². The van der Waals surface area contributed by atoms with Gasteiger partial charge in [-0.1, -0.05) is 70.2 Å². The monoisotopic (exact) mass is 868 g/mol. The molecule has 0 aromatic heterocycles. The molecule has 0 aliphatic carbocycles. The maximum atomic E-state index is 14.3. The zero-order chi connectivity index (χ0) is 46.3. The van der Waals surface area contributed by atoms with Gasteiger partial charge in [0.1, 0.15) is 23.9 Å². The largest absolute Gasteiger partial charge is 0.461 e. The summed E-state index contributed by atoms with van der Waals surface area (Å²) in [4.78, 5) is 40.9. The van der Waals surface area contributed by atoms with Crippen LogP contribution in [0.4, 0.5) is 5.69 Å². The number of carbonyl (C=O) groups excluding carboxylic acids is 2. The number of ether oxygens (including phenoxy) is 5. The van der Waals surface area contributed by atoms with Gasteiger partial charge in [0.25, 0.3) is 5.69 Å². The highest BCUT2D eigenvalue weighted by atomic mass is 16.7. The fraction of sp³-hybridized carbons (Fsp3) is 0.652. The zero-order valence-electron chi connectivity index (χ0n) is 38.3. The van der Waals surface area contributed by atoms with Crippen molar-refractivity contribution in [2.45, 2.75) is 148 Å². The number of non-ortho nitro benzene ring substituents is 1. The summed E-state index contributed by atoms with van der Waals surface area (Å²) in [7, 11) is 5.24. The number of nitro benzene ring substituents is 1. The second-order valence-electron chi connectivity index (χ2n) is 17.8. The van der Waals surface area contributed by atoms with Gasteiger partial charge in [-0.25, -0.2) is 0 Å². The molecule has 14 atom stereocenters. The van der Waals surface area contributed by atoms with Crippen LogP contribution in [0.15, 0.2) is 64.8 Å². The second-order valence-corrected chi connectivity index (χ2v) is 17.8. The van der Waals surface area contributed by atoms with Crippen LogP contribution in [0.25, 0.3) is 0 Å². The van der Waals surface area contributed by atoms with E-state index in [1.54, 1.807) is 27.7 Å². The lowest BCUT2D eigenvalue weighted by Gasteiger charge is -2.48. The third-order valence-electron chi connectivity index (χ3n) is 12.8. The molecule has 0 spiro atoms. The Labute approximate surface area is 365 Å². The number of benzene rings is 2. The number of likely N-dealkylation sites (N-methyl/N-ethyl adjacent to an activating group) is 1. The molecule has 16 nitrogen and oxygen atoms in total. The molecule has 0 amide bonds. The average Bonchev–Trinajstić information content (AvgIpc) is 3.23. The van der Waals surface area contributed by atoms with Gasteiger partial charge in [0, 0.05) is 42.8 Å². The van der Waals surface area contributed by atoms with E-state index in [2.05, 4.69) is 5.10 Å². The van der Waals surface area contributed by atoms with Gasteiger partial charge in [-0.05, 0) is 85.0 Å². The second kappa shape index (κ2) is 21.5. The van der Waals surface area contributed by atoms with E-state index < -0.39 is 88.5 Å². The number of aliphatic hydroxyl groups excluding tert-OH is 2. The fourth-order valence-corrected chi connectivity index (χ4v) is 8.95. The predicted octanol–water partition coefficient (Wildman–Crippen LogP) is 5.51. The van der Waals surface area contributed by atoms with Crippen molar-refractivity contribution >= 4 is 29.0 Å². The van der Waals surface area contributed by atoms with Crippen molar-refractivity contribution in [2.75, 3.05) is 21.2 Å². The molecule has 344 valence electrons. The first kappa shape index (κ1) is 50.5. The number of nitrogens with zero attached hydrogens (tertiary/aromatic N) is 4. The van der Waals surface area contributed by atoms with E-state index in [0.717, 1.165) is 5.56 Å². The molecule has 2 fully saturated rings. The van der Waals surface area contributed by atoms with Crippen LogP contribution in [0.1, 0.15) is 92.7 Å². The number of hydrogen-bond donors (Lipinski definition) is 3. The van der Waals surface area contributed by atoms with E-state index in [1.807, 2.05) is 77.0 Å². The van der Waals surface area contributed by atoms with Gasteiger partial charge in [0.15, 0.2) is 6.29 Å². The third-order valence-corrected chi connectivity index (χ3v) is 12.8. The van der Waals surface area contributed by atoms with Gasteiger partial charge in [-0.2, -0.15) is 10.2 Å². The van der Waals surface area contributed by atoms with Crippen LogP contribution >= 0.6 is 0 Å². The van der Waals surface area contributed by atoms with E-state index in [9.17, 15) is 35.0 Å². The molecule has 3 N–H and O–H groups in total. The molecule has 2 aromatic rings. The number of cyclic esters (lactones) is 1. The molecule has 16 heteroatoms. The van der Waals surface area contributed by atoms with Crippen LogP contribution in [-0.2, 0) is 39.7 Å². The highest BCUT2D eigenvalue weighted by Gasteiger charge is 2.52. The first-order valence-electron chi connectivity index (χ1n) is 21.5. The van der Waals surface area contributed by atoms with E-state index in [0.29, 0.717) is 23.4 Å². The Morgan fingerprint density at radius 2 is 1.65 bits per heavy atom. The van der Waals surface area contributed by atoms with Crippen LogP contribution in [-0.4, -0.2) is 130 Å². The Morgan fingerprint density at radius 1 is 1.02 bits per heavy atom. The number of methoxy groups -OCH3 is 1. The molecule has 2 aliphatic heterocycles. The number of carbonyl (C=O) groups is 2. The lowest BCUT2D eigenvalue weighted by molar-refractivity contribution is -0.384.